The normalized spacial score (nSPS) is 20.7. The zero-order valence-corrected chi connectivity index (χ0v) is 42.5. The fourth-order valence-corrected chi connectivity index (χ4v) is 12.7. The lowest BCUT2D eigenvalue weighted by Crippen LogP contribution is -2.57. The summed E-state index contributed by atoms with van der Waals surface area (Å²) in [7, 11) is -3.95. The van der Waals surface area contributed by atoms with E-state index in [0.29, 0.717) is 30.9 Å². The summed E-state index contributed by atoms with van der Waals surface area (Å²) in [6, 6.07) is 25.9. The first kappa shape index (κ1) is 51.1. The number of rotatable bonds is 18. The average molecular weight is 1010 g/mol. The highest BCUT2D eigenvalue weighted by Crippen LogP contribution is 2.51. The molecule has 7 atom stereocenters. The molecule has 4 heterocycles. The van der Waals surface area contributed by atoms with Crippen LogP contribution in [0.5, 0.6) is 17.2 Å². The number of aromatic hydroxyl groups is 2. The van der Waals surface area contributed by atoms with Crippen molar-refractivity contribution < 1.29 is 47.6 Å². The van der Waals surface area contributed by atoms with E-state index in [-0.39, 0.29) is 61.7 Å². The third-order valence-electron chi connectivity index (χ3n) is 13.6. The molecule has 0 saturated carbocycles. The summed E-state index contributed by atoms with van der Waals surface area (Å²) < 4.78 is 42.8. The molecule has 2 bridgehead atoms. The zero-order valence-electron chi connectivity index (χ0n) is 40.9. The van der Waals surface area contributed by atoms with Crippen molar-refractivity contribution >= 4 is 55.9 Å². The van der Waals surface area contributed by atoms with Gasteiger partial charge >= 0.3 is 0 Å². The van der Waals surface area contributed by atoms with Gasteiger partial charge in [0.05, 0.1) is 46.6 Å². The molecule has 1 aromatic heterocycles. The number of aliphatic hydroxyl groups excluding tert-OH is 1. The molecule has 3 amide bonds. The summed E-state index contributed by atoms with van der Waals surface area (Å²) in [6.45, 7) is 11.6. The molecule has 3 aliphatic rings. The van der Waals surface area contributed by atoms with Crippen LogP contribution in [0.1, 0.15) is 95.1 Å². The molecule has 0 spiro atoms. The number of phenolic OH excluding ortho intramolecular Hbond substituents is 2. The maximum absolute atomic E-state index is 14.5. The fourth-order valence-electron chi connectivity index (χ4n) is 9.85. The van der Waals surface area contributed by atoms with Gasteiger partial charge in [-0.25, -0.2) is 13.4 Å². The quantitative estimate of drug-likeness (QED) is 0.0536. The fraction of sp³-hybridized carbons (Fsp3) is 0.407. The highest BCUT2D eigenvalue weighted by molar-refractivity contribution is 7.93. The smallest absolute Gasteiger partial charge is 0.246 e. The maximum atomic E-state index is 14.5. The number of hydrogen-bond donors (Lipinski definition) is 5. The summed E-state index contributed by atoms with van der Waals surface area (Å²) in [5.74, 6) is -0.387. The number of phenols is 2. The van der Waals surface area contributed by atoms with Crippen molar-refractivity contribution in [1.29, 1.82) is 0 Å². The van der Waals surface area contributed by atoms with Crippen LogP contribution in [-0.2, 0) is 29.1 Å². The van der Waals surface area contributed by atoms with E-state index in [1.54, 1.807) is 91.1 Å². The number of nitrogens with zero attached hydrogens (tertiary/aromatic N) is 3. The Labute approximate surface area is 419 Å². The highest BCUT2D eigenvalue weighted by Gasteiger charge is 2.54. The van der Waals surface area contributed by atoms with Gasteiger partial charge in [0, 0.05) is 25.9 Å². The monoisotopic (exact) mass is 1010 g/mol. The molecule has 5 aromatic rings. The Kier molecular flexibility index (Phi) is 15.3. The first-order valence-corrected chi connectivity index (χ1v) is 26.5. The Balaban J connectivity index is 0.831. The summed E-state index contributed by atoms with van der Waals surface area (Å²) in [6.07, 6.45) is -0.682. The largest absolute Gasteiger partial charge is 0.508 e. The Morgan fingerprint density at radius 3 is 2.08 bits per heavy atom. The second-order valence-electron chi connectivity index (χ2n) is 19.6. The van der Waals surface area contributed by atoms with Crippen molar-refractivity contribution in [2.24, 2.45) is 5.41 Å². The lowest BCUT2D eigenvalue weighted by Gasteiger charge is -2.35. The lowest BCUT2D eigenvalue weighted by molar-refractivity contribution is -0.144. The van der Waals surface area contributed by atoms with Crippen LogP contribution in [0.25, 0.3) is 21.6 Å². The summed E-state index contributed by atoms with van der Waals surface area (Å²) in [5, 5.41) is 35.7. The molecular formula is C54H63N5O10S2. The third kappa shape index (κ3) is 11.1. The van der Waals surface area contributed by atoms with Gasteiger partial charge in [-0.3, -0.25) is 18.7 Å². The second-order valence-corrected chi connectivity index (χ2v) is 22.6. The molecule has 3 aliphatic heterocycles. The van der Waals surface area contributed by atoms with E-state index in [4.69, 9.17) is 9.47 Å². The lowest BCUT2D eigenvalue weighted by atomic mass is 9.83. The number of aliphatic hydroxyl groups is 1. The average Bonchev–Trinajstić information content (AvgIpc) is 4.15. The van der Waals surface area contributed by atoms with E-state index in [1.165, 1.54) is 9.21 Å². The molecule has 17 heteroatoms. The number of carbonyl (C=O) groups is 3. The SMILES string of the molecule is CCN(c1ccc(OCCCCC(=O)NC(C(=O)N2CC(O)CC2C(=O)NC(C)c2ccc(-c3scnc3C)cc2)C(C)(C)C)cc1)S(=O)(=O)C1CC2OC1C(c1ccc(O)cc1)=C2c1ccc(O)cc1. The first-order valence-electron chi connectivity index (χ1n) is 24.2. The Morgan fingerprint density at radius 2 is 1.49 bits per heavy atom. The van der Waals surface area contributed by atoms with Crippen LogP contribution < -0.4 is 19.7 Å². The number of sulfonamides is 1. The van der Waals surface area contributed by atoms with Crippen LogP contribution in [0.2, 0.25) is 0 Å². The van der Waals surface area contributed by atoms with Crippen molar-refractivity contribution in [3.63, 3.8) is 0 Å². The van der Waals surface area contributed by atoms with Gasteiger partial charge in [0.2, 0.25) is 27.7 Å². The second kappa shape index (κ2) is 21.2. The number of aromatic nitrogens is 1. The first-order chi connectivity index (χ1) is 33.8. The number of ether oxygens (including phenoxy) is 2. The molecule has 2 fully saturated rings. The number of carbonyl (C=O) groups excluding carboxylic acids is 3. The summed E-state index contributed by atoms with van der Waals surface area (Å²) >= 11 is 1.57. The Hall–Kier alpha value is -6.27. The Morgan fingerprint density at radius 1 is 0.873 bits per heavy atom. The third-order valence-corrected chi connectivity index (χ3v) is 16.8. The van der Waals surface area contributed by atoms with Gasteiger partial charge in [-0.05, 0) is 127 Å². The number of β-amino-alcohol motifs (C(OH)–C–C–N with tert-alkyl or cyclic N) is 1. The van der Waals surface area contributed by atoms with Crippen molar-refractivity contribution in [3.05, 3.63) is 125 Å². The van der Waals surface area contributed by atoms with E-state index in [0.717, 1.165) is 44.0 Å². The predicted octanol–water partition coefficient (Wildman–Crippen LogP) is 7.76. The van der Waals surface area contributed by atoms with Crippen molar-refractivity contribution in [2.45, 2.75) is 115 Å². The number of amides is 3. The van der Waals surface area contributed by atoms with E-state index in [2.05, 4.69) is 15.6 Å². The van der Waals surface area contributed by atoms with E-state index >= 15 is 0 Å². The van der Waals surface area contributed by atoms with Gasteiger partial charge in [0.15, 0.2) is 0 Å². The molecule has 5 N–H and O–H groups in total. The number of fused-ring (bicyclic) bond motifs is 2. The van der Waals surface area contributed by atoms with Crippen LogP contribution in [0.3, 0.4) is 0 Å². The van der Waals surface area contributed by atoms with Crippen LogP contribution in [0, 0.1) is 12.3 Å². The maximum Gasteiger partial charge on any atom is 0.246 e. The molecule has 0 radical (unpaired) electrons. The minimum absolute atomic E-state index is 0.0259. The molecule has 8 rings (SSSR count). The molecule has 2 saturated heterocycles. The number of nitrogens with one attached hydrogen (secondary N) is 2. The minimum atomic E-state index is -3.95. The van der Waals surface area contributed by atoms with E-state index in [9.17, 15) is 38.1 Å². The molecule has 376 valence electrons. The van der Waals surface area contributed by atoms with Crippen LogP contribution in [0.4, 0.5) is 5.69 Å². The number of unbranched alkanes of at least 4 members (excludes halogenated alkanes) is 1. The van der Waals surface area contributed by atoms with Gasteiger partial charge in [0.25, 0.3) is 0 Å². The van der Waals surface area contributed by atoms with Crippen molar-refractivity contribution in [2.75, 3.05) is 24.0 Å². The van der Waals surface area contributed by atoms with Crippen molar-refractivity contribution in [3.8, 4) is 27.7 Å². The van der Waals surface area contributed by atoms with E-state index < -0.39 is 57.0 Å². The number of anilines is 1. The topological polar surface area (TPSA) is 208 Å². The molecule has 4 aromatic carbocycles. The minimum Gasteiger partial charge on any atom is -0.508 e. The summed E-state index contributed by atoms with van der Waals surface area (Å²) in [5.41, 5.74) is 7.65. The van der Waals surface area contributed by atoms with Crippen LogP contribution in [0.15, 0.2) is 103 Å². The van der Waals surface area contributed by atoms with Crippen LogP contribution >= 0.6 is 11.3 Å². The Bertz CT molecular complexity index is 2850. The number of likely N-dealkylation sites (tertiary alicyclic amines) is 1. The highest BCUT2D eigenvalue weighted by atomic mass is 32.2. The predicted molar refractivity (Wildman–Crippen MR) is 274 cm³/mol. The number of aryl methyl sites for hydroxylation is 1. The number of thiazole rings is 1. The molecule has 7 unspecified atom stereocenters. The van der Waals surface area contributed by atoms with Gasteiger partial charge in [-0.15, -0.1) is 11.3 Å². The molecular weight excluding hydrogens is 943 g/mol. The van der Waals surface area contributed by atoms with Gasteiger partial charge in [-0.1, -0.05) is 69.3 Å². The van der Waals surface area contributed by atoms with Crippen molar-refractivity contribution in [1.82, 2.24) is 20.5 Å². The van der Waals surface area contributed by atoms with Gasteiger partial charge in [0.1, 0.15) is 40.7 Å². The molecule has 0 aliphatic carbocycles. The number of hydrogen-bond acceptors (Lipinski definition) is 12. The van der Waals surface area contributed by atoms with Gasteiger partial charge in [-0.2, -0.15) is 0 Å². The van der Waals surface area contributed by atoms with Gasteiger partial charge < -0.3 is 40.3 Å². The zero-order chi connectivity index (χ0) is 50.8. The molecule has 71 heavy (non-hydrogen) atoms. The number of benzene rings is 4. The van der Waals surface area contributed by atoms with E-state index in [1.807, 2.05) is 64.4 Å². The molecule has 15 nitrogen and oxygen atoms in total. The van der Waals surface area contributed by atoms with Crippen LogP contribution in [-0.4, -0.2) is 107 Å². The standard InChI is InChI=1S/C54H63N5O10S2/c1-7-59(71(66,67)45-29-44-47(35-15-21-39(60)22-16-35)48(49(45)69-44)36-17-23-40(61)24-18-36)38-19-25-42(26-20-38)68-27-9-8-10-46(63)57-51(54(4,5)6)53(65)58-30-41(62)28-43(58)52(64)56-32(2)34-11-13-37(14-12-34)50-33(3)55-31-70-50/h11-26,31-32,41,43-45,49,51,60-62H,7-10,27-30H2,1-6H3,(H,56,64)(H,57,63). The summed E-state index contributed by atoms with van der Waals surface area (Å²) in [4.78, 5) is 48.0.